The van der Waals surface area contributed by atoms with Crippen LogP contribution in [-0.4, -0.2) is 20.6 Å². The molecule has 0 aliphatic heterocycles. The van der Waals surface area contributed by atoms with E-state index in [0.29, 0.717) is 10.4 Å². The van der Waals surface area contributed by atoms with Crippen molar-refractivity contribution in [1.29, 1.82) is 0 Å². The molecule has 29 heavy (non-hydrogen) atoms. The number of nitro groups is 1. The molecule has 1 N–H and O–H groups in total. The zero-order chi connectivity index (χ0) is 21.1. The Labute approximate surface area is 163 Å². The summed E-state index contributed by atoms with van der Waals surface area (Å²) in [4.78, 5) is 22.9. The fraction of sp³-hybridized carbons (Fsp3) is 0.158. The number of halogens is 2. The van der Waals surface area contributed by atoms with Gasteiger partial charge in [-0.15, -0.1) is 0 Å². The molecule has 1 heterocycles. The van der Waals surface area contributed by atoms with Gasteiger partial charge < -0.3 is 10.1 Å². The van der Waals surface area contributed by atoms with Crippen LogP contribution in [0.2, 0.25) is 0 Å². The third kappa shape index (κ3) is 4.92. The standard InChI is InChI=1S/C19H16F2N4O4/c1-11-5-12(2)7-15(6-11)29-16-9-13(8-14(10-16)25(27)28)22-18(26)17-3-4-24(23-17)19(20)21/h3-10,19H,1-2H3,(H,22,26). The lowest BCUT2D eigenvalue weighted by atomic mass is 10.1. The van der Waals surface area contributed by atoms with Crippen LogP contribution < -0.4 is 10.1 Å². The average molecular weight is 402 g/mol. The van der Waals surface area contributed by atoms with E-state index >= 15 is 0 Å². The van der Waals surface area contributed by atoms with Gasteiger partial charge in [0, 0.05) is 18.3 Å². The topological polar surface area (TPSA) is 99.3 Å². The molecule has 0 fully saturated rings. The molecule has 0 saturated heterocycles. The molecule has 8 nitrogen and oxygen atoms in total. The molecule has 150 valence electrons. The molecule has 0 spiro atoms. The molecule has 0 radical (unpaired) electrons. The SMILES string of the molecule is Cc1cc(C)cc(Oc2cc(NC(=O)c3ccn(C(F)F)n3)cc([N+](=O)[O-])c2)c1. The predicted octanol–water partition coefficient (Wildman–Crippen LogP) is 4.85. The summed E-state index contributed by atoms with van der Waals surface area (Å²) in [5.74, 6) is -0.171. The number of non-ortho nitro benzene ring substituents is 1. The summed E-state index contributed by atoms with van der Waals surface area (Å²) < 4.78 is 31.3. The van der Waals surface area contributed by atoms with Gasteiger partial charge in [-0.3, -0.25) is 14.9 Å². The molecule has 1 aromatic heterocycles. The maximum absolute atomic E-state index is 12.6. The Morgan fingerprint density at radius 1 is 1.14 bits per heavy atom. The minimum absolute atomic E-state index is 0.0650. The number of aryl methyl sites for hydroxylation is 2. The first-order valence-corrected chi connectivity index (χ1v) is 8.41. The van der Waals surface area contributed by atoms with Gasteiger partial charge in [-0.1, -0.05) is 6.07 Å². The summed E-state index contributed by atoms with van der Waals surface area (Å²) in [5.41, 5.74) is 1.41. The zero-order valence-electron chi connectivity index (χ0n) is 15.4. The van der Waals surface area contributed by atoms with Crippen LogP contribution in [0.3, 0.4) is 0 Å². The fourth-order valence-electron chi connectivity index (χ4n) is 2.71. The molecule has 0 atom stereocenters. The molecule has 1 amide bonds. The first-order chi connectivity index (χ1) is 13.7. The van der Waals surface area contributed by atoms with Gasteiger partial charge in [-0.2, -0.15) is 13.9 Å². The van der Waals surface area contributed by atoms with Crippen LogP contribution in [0.4, 0.5) is 20.2 Å². The van der Waals surface area contributed by atoms with E-state index in [4.69, 9.17) is 4.74 Å². The zero-order valence-corrected chi connectivity index (χ0v) is 15.4. The van der Waals surface area contributed by atoms with E-state index < -0.39 is 17.4 Å². The number of hydrogen-bond donors (Lipinski definition) is 1. The maximum atomic E-state index is 12.6. The van der Waals surface area contributed by atoms with Crippen LogP contribution in [0.5, 0.6) is 11.5 Å². The van der Waals surface area contributed by atoms with Crippen LogP contribution >= 0.6 is 0 Å². The third-order valence-corrected chi connectivity index (χ3v) is 3.83. The molecule has 2 aromatic carbocycles. The lowest BCUT2D eigenvalue weighted by molar-refractivity contribution is -0.384. The van der Waals surface area contributed by atoms with E-state index in [-0.39, 0.29) is 22.8 Å². The van der Waals surface area contributed by atoms with Crippen molar-refractivity contribution in [1.82, 2.24) is 9.78 Å². The van der Waals surface area contributed by atoms with Crippen LogP contribution in [0.25, 0.3) is 0 Å². The lowest BCUT2D eigenvalue weighted by Gasteiger charge is -2.10. The summed E-state index contributed by atoms with van der Waals surface area (Å²) in [6.45, 7) is 0.891. The predicted molar refractivity (Wildman–Crippen MR) is 101 cm³/mol. The van der Waals surface area contributed by atoms with Gasteiger partial charge in [-0.05, 0) is 43.2 Å². The number of nitro benzene ring substituents is 1. The summed E-state index contributed by atoms with van der Waals surface area (Å²) in [5, 5.41) is 17.1. The van der Waals surface area contributed by atoms with Crippen LogP contribution in [0.15, 0.2) is 48.7 Å². The number of nitrogens with zero attached hydrogens (tertiary/aromatic N) is 3. The number of carbonyl (C=O) groups is 1. The van der Waals surface area contributed by atoms with Crippen molar-refractivity contribution in [2.75, 3.05) is 5.32 Å². The van der Waals surface area contributed by atoms with E-state index in [2.05, 4.69) is 10.4 Å². The van der Waals surface area contributed by atoms with Crippen molar-refractivity contribution >= 4 is 17.3 Å². The van der Waals surface area contributed by atoms with E-state index in [1.807, 2.05) is 19.9 Å². The van der Waals surface area contributed by atoms with Gasteiger partial charge in [0.25, 0.3) is 11.6 Å². The number of benzene rings is 2. The number of ether oxygens (including phenoxy) is 1. The molecule has 0 aliphatic rings. The number of alkyl halides is 2. The summed E-state index contributed by atoms with van der Waals surface area (Å²) in [6, 6.07) is 10.3. The first kappa shape index (κ1) is 19.9. The highest BCUT2D eigenvalue weighted by atomic mass is 19.3. The van der Waals surface area contributed by atoms with E-state index in [9.17, 15) is 23.7 Å². The monoisotopic (exact) mass is 402 g/mol. The molecule has 10 heteroatoms. The Bertz CT molecular complexity index is 1060. The number of hydrogen-bond acceptors (Lipinski definition) is 5. The molecule has 0 bridgehead atoms. The summed E-state index contributed by atoms with van der Waals surface area (Å²) >= 11 is 0. The van der Waals surface area contributed by atoms with E-state index in [1.54, 1.807) is 12.1 Å². The van der Waals surface area contributed by atoms with Crippen molar-refractivity contribution in [2.45, 2.75) is 20.4 Å². The Kier molecular flexibility index (Phi) is 5.53. The smallest absolute Gasteiger partial charge is 0.333 e. The van der Waals surface area contributed by atoms with Crippen molar-refractivity contribution in [3.05, 3.63) is 75.6 Å². The number of anilines is 1. The normalized spacial score (nSPS) is 10.8. The van der Waals surface area contributed by atoms with Gasteiger partial charge >= 0.3 is 6.55 Å². The summed E-state index contributed by atoms with van der Waals surface area (Å²) in [7, 11) is 0. The number of rotatable bonds is 6. The van der Waals surface area contributed by atoms with Crippen LogP contribution in [-0.2, 0) is 0 Å². The largest absolute Gasteiger partial charge is 0.457 e. The highest BCUT2D eigenvalue weighted by molar-refractivity contribution is 6.03. The van der Waals surface area contributed by atoms with Crippen LogP contribution in [0.1, 0.15) is 28.2 Å². The Hall–Kier alpha value is -3.82. The average Bonchev–Trinajstić information content (AvgIpc) is 3.11. The number of amides is 1. The third-order valence-electron chi connectivity index (χ3n) is 3.83. The summed E-state index contributed by atoms with van der Waals surface area (Å²) in [6.07, 6.45) is 0.960. The van der Waals surface area contributed by atoms with Crippen molar-refractivity contribution < 1.29 is 23.2 Å². The van der Waals surface area contributed by atoms with Gasteiger partial charge in [0.2, 0.25) is 0 Å². The van der Waals surface area contributed by atoms with E-state index in [1.165, 1.54) is 12.1 Å². The Morgan fingerprint density at radius 3 is 2.38 bits per heavy atom. The molecule has 3 aromatic rings. The van der Waals surface area contributed by atoms with Crippen LogP contribution in [0, 0.1) is 24.0 Å². The quantitative estimate of drug-likeness (QED) is 0.469. The minimum atomic E-state index is -2.88. The van der Waals surface area contributed by atoms with E-state index in [0.717, 1.165) is 29.5 Å². The minimum Gasteiger partial charge on any atom is -0.457 e. The van der Waals surface area contributed by atoms with Crippen molar-refractivity contribution in [2.24, 2.45) is 0 Å². The molecule has 3 rings (SSSR count). The molecule has 0 saturated carbocycles. The lowest BCUT2D eigenvalue weighted by Crippen LogP contribution is -2.13. The molecular formula is C19H16F2N4O4. The van der Waals surface area contributed by atoms with Crippen molar-refractivity contribution in [3.8, 4) is 11.5 Å². The van der Waals surface area contributed by atoms with Gasteiger partial charge in [0.1, 0.15) is 11.5 Å². The number of aromatic nitrogens is 2. The first-order valence-electron chi connectivity index (χ1n) is 8.41. The molecule has 0 aliphatic carbocycles. The maximum Gasteiger partial charge on any atom is 0.333 e. The highest BCUT2D eigenvalue weighted by Crippen LogP contribution is 2.31. The van der Waals surface area contributed by atoms with Gasteiger partial charge in [-0.25, -0.2) is 4.68 Å². The highest BCUT2D eigenvalue weighted by Gasteiger charge is 2.17. The molecular weight excluding hydrogens is 386 g/mol. The second-order valence-electron chi connectivity index (χ2n) is 6.31. The van der Waals surface area contributed by atoms with Gasteiger partial charge in [0.05, 0.1) is 16.7 Å². The Morgan fingerprint density at radius 2 is 1.79 bits per heavy atom. The number of carbonyl (C=O) groups excluding carboxylic acids is 1. The number of nitrogens with one attached hydrogen (secondary N) is 1. The molecule has 0 unspecified atom stereocenters. The Balaban J connectivity index is 1.87. The fourth-order valence-corrected chi connectivity index (χ4v) is 2.71. The van der Waals surface area contributed by atoms with Gasteiger partial charge in [0.15, 0.2) is 5.69 Å². The second kappa shape index (κ2) is 8.05. The second-order valence-corrected chi connectivity index (χ2v) is 6.31. The van der Waals surface area contributed by atoms with Crippen molar-refractivity contribution in [3.63, 3.8) is 0 Å².